The van der Waals surface area contributed by atoms with E-state index in [1.807, 2.05) is 0 Å². The van der Waals surface area contributed by atoms with Crippen molar-refractivity contribution in [2.45, 2.75) is 32.3 Å². The first-order valence-electron chi connectivity index (χ1n) is 7.45. The molecule has 3 rings (SSSR count). The molecule has 8 heteroatoms. The molecule has 2 aromatic rings. The lowest BCUT2D eigenvalue weighted by Crippen LogP contribution is -2.29. The molecule has 0 spiro atoms. The summed E-state index contributed by atoms with van der Waals surface area (Å²) in [7, 11) is -3.21. The standard InChI is InChI=1S/C16H18ClN3O3S/c1-16(2,3)15(21)18-14-12-8-24(22,23)9-13(12)19-20(14)11-6-4-10(17)5-7-11/h4-7H,8-9H2,1-3H3,(H,18,21). The van der Waals surface area contributed by atoms with Crippen LogP contribution in [0.4, 0.5) is 5.82 Å². The van der Waals surface area contributed by atoms with E-state index >= 15 is 0 Å². The van der Waals surface area contributed by atoms with Crippen LogP contribution in [0.3, 0.4) is 0 Å². The topological polar surface area (TPSA) is 81.1 Å². The van der Waals surface area contributed by atoms with Crippen molar-refractivity contribution < 1.29 is 13.2 Å². The Morgan fingerprint density at radius 2 is 1.83 bits per heavy atom. The first kappa shape index (κ1) is 17.0. The minimum atomic E-state index is -3.21. The van der Waals surface area contributed by atoms with E-state index in [0.29, 0.717) is 27.8 Å². The predicted octanol–water partition coefficient (Wildman–Crippen LogP) is 2.94. The van der Waals surface area contributed by atoms with Crippen molar-refractivity contribution in [3.05, 3.63) is 40.5 Å². The molecule has 1 amide bonds. The summed E-state index contributed by atoms with van der Waals surface area (Å²) in [5, 5.41) is 7.83. The van der Waals surface area contributed by atoms with Crippen molar-refractivity contribution in [1.29, 1.82) is 0 Å². The number of aromatic nitrogens is 2. The lowest BCUT2D eigenvalue weighted by Gasteiger charge is -2.19. The van der Waals surface area contributed by atoms with Gasteiger partial charge in [-0.25, -0.2) is 13.1 Å². The average molecular weight is 368 g/mol. The molecule has 0 saturated heterocycles. The summed E-state index contributed by atoms with van der Waals surface area (Å²) in [6.07, 6.45) is 0. The molecule has 0 bridgehead atoms. The van der Waals surface area contributed by atoms with E-state index in [4.69, 9.17) is 11.6 Å². The molecule has 1 aliphatic rings. The van der Waals surface area contributed by atoms with Gasteiger partial charge >= 0.3 is 0 Å². The summed E-state index contributed by atoms with van der Waals surface area (Å²) < 4.78 is 25.4. The summed E-state index contributed by atoms with van der Waals surface area (Å²) in [6.45, 7) is 5.38. The van der Waals surface area contributed by atoms with Gasteiger partial charge in [-0.05, 0) is 24.3 Å². The monoisotopic (exact) mass is 367 g/mol. The molecule has 6 nitrogen and oxygen atoms in total. The van der Waals surface area contributed by atoms with Gasteiger partial charge in [-0.3, -0.25) is 4.79 Å². The quantitative estimate of drug-likeness (QED) is 0.884. The molecular weight excluding hydrogens is 350 g/mol. The van der Waals surface area contributed by atoms with E-state index in [1.165, 1.54) is 0 Å². The van der Waals surface area contributed by atoms with Crippen LogP contribution in [0.5, 0.6) is 0 Å². The number of sulfone groups is 1. The highest BCUT2D eigenvalue weighted by molar-refractivity contribution is 7.90. The first-order chi connectivity index (χ1) is 11.1. The van der Waals surface area contributed by atoms with Crippen LogP contribution in [0.15, 0.2) is 24.3 Å². The number of halogens is 1. The van der Waals surface area contributed by atoms with Gasteiger partial charge in [-0.2, -0.15) is 5.10 Å². The highest BCUT2D eigenvalue weighted by atomic mass is 35.5. The smallest absolute Gasteiger partial charge is 0.230 e. The minimum Gasteiger partial charge on any atom is -0.310 e. The van der Waals surface area contributed by atoms with Crippen LogP contribution in [-0.4, -0.2) is 24.1 Å². The Balaban J connectivity index is 2.10. The molecule has 0 aliphatic carbocycles. The molecule has 0 fully saturated rings. The molecule has 1 N–H and O–H groups in total. The van der Waals surface area contributed by atoms with Crippen LogP contribution in [0.1, 0.15) is 32.0 Å². The van der Waals surface area contributed by atoms with Crippen LogP contribution in [0, 0.1) is 5.41 Å². The largest absolute Gasteiger partial charge is 0.310 e. The van der Waals surface area contributed by atoms with E-state index < -0.39 is 15.3 Å². The summed E-state index contributed by atoms with van der Waals surface area (Å²) in [4.78, 5) is 12.4. The zero-order valence-corrected chi connectivity index (χ0v) is 15.2. The number of anilines is 1. The van der Waals surface area contributed by atoms with E-state index in [9.17, 15) is 13.2 Å². The molecular formula is C16H18ClN3O3S. The summed E-state index contributed by atoms with van der Waals surface area (Å²) in [5.74, 6) is -0.0187. The molecule has 2 heterocycles. The molecule has 1 aromatic heterocycles. The zero-order valence-electron chi connectivity index (χ0n) is 13.6. The number of carbonyl (C=O) groups excluding carboxylic acids is 1. The van der Waals surface area contributed by atoms with E-state index in [0.717, 1.165) is 0 Å². The fourth-order valence-electron chi connectivity index (χ4n) is 2.44. The summed E-state index contributed by atoms with van der Waals surface area (Å²) in [6, 6.07) is 6.98. The highest BCUT2D eigenvalue weighted by Gasteiger charge is 2.34. The van der Waals surface area contributed by atoms with Crippen molar-refractivity contribution >= 4 is 33.2 Å². The maximum absolute atomic E-state index is 12.4. The van der Waals surface area contributed by atoms with Gasteiger partial charge in [0.15, 0.2) is 9.84 Å². The highest BCUT2D eigenvalue weighted by Crippen LogP contribution is 2.34. The maximum Gasteiger partial charge on any atom is 0.230 e. The molecule has 0 atom stereocenters. The number of rotatable bonds is 2. The van der Waals surface area contributed by atoms with Gasteiger partial charge in [0.25, 0.3) is 0 Å². The lowest BCUT2D eigenvalue weighted by atomic mass is 9.96. The van der Waals surface area contributed by atoms with E-state index in [1.54, 1.807) is 49.7 Å². The van der Waals surface area contributed by atoms with Crippen LogP contribution < -0.4 is 5.32 Å². The normalized spacial score (nSPS) is 16.0. The van der Waals surface area contributed by atoms with E-state index in [-0.39, 0.29) is 17.4 Å². The van der Waals surface area contributed by atoms with Gasteiger partial charge < -0.3 is 5.32 Å². The second-order valence-corrected chi connectivity index (χ2v) is 9.40. The molecule has 128 valence electrons. The van der Waals surface area contributed by atoms with Crippen molar-refractivity contribution in [2.75, 3.05) is 5.32 Å². The van der Waals surface area contributed by atoms with Gasteiger partial charge in [-0.15, -0.1) is 0 Å². The second kappa shape index (κ2) is 5.60. The Morgan fingerprint density at radius 1 is 1.21 bits per heavy atom. The molecule has 1 aromatic carbocycles. The maximum atomic E-state index is 12.4. The van der Waals surface area contributed by atoms with Crippen LogP contribution in [0.25, 0.3) is 5.69 Å². The first-order valence-corrected chi connectivity index (χ1v) is 9.65. The molecule has 0 radical (unpaired) electrons. The van der Waals surface area contributed by atoms with Crippen LogP contribution >= 0.6 is 11.6 Å². The average Bonchev–Trinajstić information content (AvgIpc) is 2.92. The van der Waals surface area contributed by atoms with Crippen LogP contribution in [0.2, 0.25) is 5.02 Å². The van der Waals surface area contributed by atoms with E-state index in [2.05, 4.69) is 10.4 Å². The molecule has 1 aliphatic heterocycles. The number of fused-ring (bicyclic) bond motifs is 1. The Kier molecular flexibility index (Phi) is 3.96. The zero-order chi connectivity index (χ0) is 17.7. The SMILES string of the molecule is CC(C)(C)C(=O)Nc1c2c(nn1-c1ccc(Cl)cc1)CS(=O)(=O)C2. The number of amides is 1. The molecule has 24 heavy (non-hydrogen) atoms. The summed E-state index contributed by atoms with van der Waals surface area (Å²) >= 11 is 5.92. The number of nitrogens with zero attached hydrogens (tertiary/aromatic N) is 2. The van der Waals surface area contributed by atoms with Crippen molar-refractivity contribution in [3.63, 3.8) is 0 Å². The predicted molar refractivity (Wildman–Crippen MR) is 93.0 cm³/mol. The third-order valence-corrected chi connectivity index (χ3v) is 5.47. The van der Waals surface area contributed by atoms with Gasteiger partial charge in [0.1, 0.15) is 5.82 Å². The summed E-state index contributed by atoms with van der Waals surface area (Å²) in [5.41, 5.74) is 1.13. The Hall–Kier alpha value is -1.86. The number of hydrogen-bond donors (Lipinski definition) is 1. The second-order valence-electron chi connectivity index (χ2n) is 6.90. The van der Waals surface area contributed by atoms with Crippen molar-refractivity contribution in [2.24, 2.45) is 5.41 Å². The fraction of sp³-hybridized carbons (Fsp3) is 0.375. The number of nitrogens with one attached hydrogen (secondary N) is 1. The number of benzene rings is 1. The van der Waals surface area contributed by atoms with Crippen LogP contribution in [-0.2, 0) is 26.1 Å². The van der Waals surface area contributed by atoms with Gasteiger partial charge in [0.2, 0.25) is 5.91 Å². The molecule has 0 saturated carbocycles. The van der Waals surface area contributed by atoms with Crippen molar-refractivity contribution in [1.82, 2.24) is 9.78 Å². The number of carbonyl (C=O) groups is 1. The lowest BCUT2D eigenvalue weighted by molar-refractivity contribution is -0.123. The van der Waals surface area contributed by atoms with Gasteiger partial charge in [-0.1, -0.05) is 32.4 Å². The Labute approximate surface area is 145 Å². The number of hydrogen-bond acceptors (Lipinski definition) is 4. The van der Waals surface area contributed by atoms with Gasteiger partial charge in [0.05, 0.1) is 22.9 Å². The van der Waals surface area contributed by atoms with Crippen molar-refractivity contribution in [3.8, 4) is 5.69 Å². The Bertz CT molecular complexity index is 909. The Morgan fingerprint density at radius 3 is 2.42 bits per heavy atom. The fourth-order valence-corrected chi connectivity index (χ4v) is 4.05. The van der Waals surface area contributed by atoms with Gasteiger partial charge in [0, 0.05) is 16.0 Å². The third-order valence-electron chi connectivity index (χ3n) is 3.77. The minimum absolute atomic E-state index is 0.110. The molecule has 0 unspecified atom stereocenters. The third kappa shape index (κ3) is 3.18.